The number of imide groups is 1. The average Bonchev–Trinajstić information content (AvgIpc) is 3.50. The Labute approximate surface area is 193 Å². The normalized spacial score (nSPS) is 17.6. The first kappa shape index (κ1) is 23.8. The van der Waals surface area contributed by atoms with E-state index in [1.807, 2.05) is 0 Å². The van der Waals surface area contributed by atoms with E-state index >= 15 is 0 Å². The number of alkyl halides is 3. The Morgan fingerprint density at radius 2 is 1.79 bits per heavy atom. The van der Waals surface area contributed by atoms with Gasteiger partial charge in [0.05, 0.1) is 5.69 Å². The summed E-state index contributed by atoms with van der Waals surface area (Å²) < 4.78 is 68.4. The predicted molar refractivity (Wildman–Crippen MR) is 114 cm³/mol. The molecule has 1 aromatic carbocycles. The second-order valence-electron chi connectivity index (χ2n) is 8.02. The molecule has 1 aliphatic carbocycles. The summed E-state index contributed by atoms with van der Waals surface area (Å²) in [7, 11) is -1.08. The van der Waals surface area contributed by atoms with Gasteiger partial charge in [-0.3, -0.25) is 9.52 Å². The third-order valence-corrected chi connectivity index (χ3v) is 6.90. The first-order valence-corrected chi connectivity index (χ1v) is 11.4. The van der Waals surface area contributed by atoms with E-state index in [0.29, 0.717) is 18.4 Å². The van der Waals surface area contributed by atoms with Crippen molar-refractivity contribution in [1.82, 2.24) is 14.2 Å². The standard InChI is InChI=1S/C20H20F3N5O5S/c1-26(2)34(31,32)25-16-11-13(7-10-24-16)12-27-18(30)28(17(29)19(27)8-9-19)14-3-5-15(6-4-14)33-20(21,22)23/h3-7,10-11H,8-9,12H2,1-2H3,(H,24,25). The summed E-state index contributed by atoms with van der Waals surface area (Å²) in [5, 5.41) is 0. The molecule has 0 radical (unpaired) electrons. The van der Waals surface area contributed by atoms with Gasteiger partial charge in [0.15, 0.2) is 0 Å². The summed E-state index contributed by atoms with van der Waals surface area (Å²) in [6.45, 7) is 0.00948. The van der Waals surface area contributed by atoms with E-state index < -0.39 is 39.8 Å². The van der Waals surface area contributed by atoms with Gasteiger partial charge in [0.25, 0.3) is 5.91 Å². The van der Waals surface area contributed by atoms with Crippen LogP contribution in [0.5, 0.6) is 5.75 Å². The number of halogens is 3. The van der Waals surface area contributed by atoms with Crippen LogP contribution >= 0.6 is 0 Å². The van der Waals surface area contributed by atoms with Crippen LogP contribution in [-0.2, 0) is 21.5 Å². The van der Waals surface area contributed by atoms with Crippen molar-refractivity contribution in [2.75, 3.05) is 23.7 Å². The number of rotatable bonds is 7. The Balaban J connectivity index is 1.55. The Morgan fingerprint density at radius 1 is 1.15 bits per heavy atom. The minimum absolute atomic E-state index is 0.00948. The average molecular weight is 499 g/mol. The number of hydrogen-bond acceptors (Lipinski definition) is 6. The number of hydrogen-bond donors (Lipinski definition) is 1. The Morgan fingerprint density at radius 3 is 2.35 bits per heavy atom. The van der Waals surface area contributed by atoms with Gasteiger partial charge >= 0.3 is 22.6 Å². The van der Waals surface area contributed by atoms with Crippen LogP contribution < -0.4 is 14.4 Å². The van der Waals surface area contributed by atoms with Crippen LogP contribution in [0.1, 0.15) is 18.4 Å². The molecule has 34 heavy (non-hydrogen) atoms. The molecule has 14 heteroatoms. The lowest BCUT2D eigenvalue weighted by Crippen LogP contribution is -2.36. The second-order valence-corrected chi connectivity index (χ2v) is 9.91. The number of carbonyl (C=O) groups excluding carboxylic acids is 2. The molecule has 0 unspecified atom stereocenters. The molecule has 2 heterocycles. The summed E-state index contributed by atoms with van der Waals surface area (Å²) in [6, 6.07) is 6.89. The maximum atomic E-state index is 13.2. The zero-order valence-corrected chi connectivity index (χ0v) is 18.9. The first-order chi connectivity index (χ1) is 15.8. The molecule has 1 spiro atoms. The third-order valence-electron chi connectivity index (χ3n) is 5.47. The number of ether oxygens (including phenoxy) is 1. The van der Waals surface area contributed by atoms with Gasteiger partial charge in [-0.05, 0) is 54.8 Å². The molecule has 1 N–H and O–H groups in total. The highest BCUT2D eigenvalue weighted by molar-refractivity contribution is 7.90. The molecular weight excluding hydrogens is 479 g/mol. The lowest BCUT2D eigenvalue weighted by Gasteiger charge is -2.21. The van der Waals surface area contributed by atoms with Crippen molar-refractivity contribution < 1.29 is 35.9 Å². The Kier molecular flexibility index (Phi) is 5.68. The minimum atomic E-state index is -4.86. The molecule has 4 rings (SSSR count). The summed E-state index contributed by atoms with van der Waals surface area (Å²) >= 11 is 0. The van der Waals surface area contributed by atoms with E-state index in [-0.39, 0.29) is 18.1 Å². The predicted octanol–water partition coefficient (Wildman–Crippen LogP) is 2.70. The maximum absolute atomic E-state index is 13.2. The molecule has 3 amide bonds. The molecule has 2 aliphatic rings. The Bertz CT molecular complexity index is 1230. The van der Waals surface area contributed by atoms with Crippen LogP contribution in [0.4, 0.5) is 29.5 Å². The van der Waals surface area contributed by atoms with Gasteiger partial charge in [-0.15, -0.1) is 13.2 Å². The van der Waals surface area contributed by atoms with E-state index in [4.69, 9.17) is 0 Å². The summed E-state index contributed by atoms with van der Waals surface area (Å²) in [4.78, 5) is 32.6. The van der Waals surface area contributed by atoms with Gasteiger partial charge in [0.2, 0.25) is 0 Å². The number of benzene rings is 1. The van der Waals surface area contributed by atoms with Gasteiger partial charge < -0.3 is 9.64 Å². The largest absolute Gasteiger partial charge is 0.573 e. The van der Waals surface area contributed by atoms with Crippen LogP contribution in [0.3, 0.4) is 0 Å². The van der Waals surface area contributed by atoms with E-state index in [1.54, 1.807) is 6.07 Å². The highest BCUT2D eigenvalue weighted by atomic mass is 32.2. The Hall–Kier alpha value is -3.39. The quantitative estimate of drug-likeness (QED) is 0.587. The molecule has 1 saturated carbocycles. The lowest BCUT2D eigenvalue weighted by molar-refractivity contribution is -0.274. The van der Waals surface area contributed by atoms with E-state index in [9.17, 15) is 31.2 Å². The number of nitrogens with one attached hydrogen (secondary N) is 1. The van der Waals surface area contributed by atoms with Gasteiger partial charge in [0, 0.05) is 26.8 Å². The van der Waals surface area contributed by atoms with Crippen LogP contribution in [0.25, 0.3) is 0 Å². The first-order valence-electron chi connectivity index (χ1n) is 10.00. The van der Waals surface area contributed by atoms with Crippen molar-refractivity contribution in [3.63, 3.8) is 0 Å². The lowest BCUT2D eigenvalue weighted by atomic mass is 10.2. The zero-order chi connectivity index (χ0) is 24.9. The molecule has 1 aliphatic heterocycles. The van der Waals surface area contributed by atoms with E-state index in [2.05, 4.69) is 14.4 Å². The molecule has 1 aromatic heterocycles. The molecule has 0 atom stereocenters. The molecule has 182 valence electrons. The zero-order valence-electron chi connectivity index (χ0n) is 18.0. The van der Waals surface area contributed by atoms with Crippen molar-refractivity contribution in [1.29, 1.82) is 0 Å². The van der Waals surface area contributed by atoms with Crippen molar-refractivity contribution >= 4 is 33.7 Å². The van der Waals surface area contributed by atoms with Crippen molar-refractivity contribution in [3.8, 4) is 5.75 Å². The van der Waals surface area contributed by atoms with Gasteiger partial charge in [0.1, 0.15) is 17.1 Å². The molecule has 1 saturated heterocycles. The number of urea groups is 1. The summed E-state index contributed by atoms with van der Waals surface area (Å²) in [5.74, 6) is -0.895. The molecular formula is C20H20F3N5O5S. The van der Waals surface area contributed by atoms with E-state index in [1.165, 1.54) is 43.4 Å². The number of nitrogens with zero attached hydrogens (tertiary/aromatic N) is 4. The fourth-order valence-corrected chi connectivity index (χ4v) is 4.15. The number of carbonyl (C=O) groups is 2. The summed E-state index contributed by atoms with van der Waals surface area (Å²) in [5.41, 5.74) is -0.382. The molecule has 0 bridgehead atoms. The number of amides is 3. The number of anilines is 2. The molecule has 2 aromatic rings. The van der Waals surface area contributed by atoms with Crippen LogP contribution in [0, 0.1) is 0 Å². The van der Waals surface area contributed by atoms with Crippen LogP contribution in [-0.4, -0.2) is 60.5 Å². The molecule has 2 fully saturated rings. The fourth-order valence-electron chi connectivity index (χ4n) is 3.59. The summed E-state index contributed by atoms with van der Waals surface area (Å²) in [6.07, 6.45) is -2.61. The number of pyridine rings is 1. The van der Waals surface area contributed by atoms with Crippen LogP contribution in [0.2, 0.25) is 0 Å². The van der Waals surface area contributed by atoms with Gasteiger partial charge in [-0.1, -0.05) is 0 Å². The smallest absolute Gasteiger partial charge is 0.406 e. The van der Waals surface area contributed by atoms with Crippen LogP contribution in [0.15, 0.2) is 42.6 Å². The highest BCUT2D eigenvalue weighted by Crippen LogP contribution is 2.49. The molecule has 10 nitrogen and oxygen atoms in total. The third kappa shape index (κ3) is 4.50. The monoisotopic (exact) mass is 499 g/mol. The van der Waals surface area contributed by atoms with Gasteiger partial charge in [-0.2, -0.15) is 12.7 Å². The highest BCUT2D eigenvalue weighted by Gasteiger charge is 2.65. The topological polar surface area (TPSA) is 112 Å². The van der Waals surface area contributed by atoms with Gasteiger partial charge in [-0.25, -0.2) is 14.7 Å². The van der Waals surface area contributed by atoms with E-state index in [0.717, 1.165) is 21.3 Å². The van der Waals surface area contributed by atoms with Crippen molar-refractivity contribution in [2.24, 2.45) is 0 Å². The van der Waals surface area contributed by atoms with Crippen molar-refractivity contribution in [3.05, 3.63) is 48.2 Å². The second kappa shape index (κ2) is 8.13. The minimum Gasteiger partial charge on any atom is -0.406 e. The number of aromatic nitrogens is 1. The SMILES string of the molecule is CN(C)S(=O)(=O)Nc1cc(CN2C(=O)N(c3ccc(OC(F)(F)F)cc3)C(=O)C23CC3)ccn1. The fraction of sp³-hybridized carbons (Fsp3) is 0.350. The maximum Gasteiger partial charge on any atom is 0.573 e. The van der Waals surface area contributed by atoms with Crippen molar-refractivity contribution in [2.45, 2.75) is 31.3 Å².